The third-order valence-electron chi connectivity index (χ3n) is 14.8. The highest BCUT2D eigenvalue weighted by atomic mass is 15.0. The second kappa shape index (κ2) is 12.3. The Morgan fingerprint density at radius 2 is 0.794 bits per heavy atom. The van der Waals surface area contributed by atoms with Gasteiger partial charge in [0, 0.05) is 32.9 Å². The average Bonchev–Trinajstić information content (AvgIpc) is 3.77. The summed E-state index contributed by atoms with van der Waals surface area (Å²) in [5.74, 6) is 0. The van der Waals surface area contributed by atoms with Crippen molar-refractivity contribution in [1.29, 1.82) is 0 Å². The van der Waals surface area contributed by atoms with Crippen molar-refractivity contribution in [2.24, 2.45) is 0 Å². The monoisotopic (exact) mass is 816 g/mol. The van der Waals surface area contributed by atoms with E-state index < -0.39 is 0 Å². The second-order valence-corrected chi connectivity index (χ2v) is 23.1. The molecule has 10 aromatic rings. The maximum atomic E-state index is 2.72. The van der Waals surface area contributed by atoms with Crippen molar-refractivity contribution in [3.63, 3.8) is 0 Å². The first-order valence-corrected chi connectivity index (χ1v) is 23.1. The van der Waals surface area contributed by atoms with Gasteiger partial charge in [0.25, 0.3) is 6.71 Å². The first-order valence-electron chi connectivity index (χ1n) is 23.1. The van der Waals surface area contributed by atoms with E-state index in [1.54, 1.807) is 0 Å². The van der Waals surface area contributed by atoms with E-state index in [-0.39, 0.29) is 28.4 Å². The van der Waals surface area contributed by atoms with Gasteiger partial charge in [0.1, 0.15) is 0 Å². The molecule has 2 aromatic heterocycles. The Balaban J connectivity index is 1.39. The van der Waals surface area contributed by atoms with Crippen LogP contribution in [0.25, 0.3) is 87.7 Å². The molecule has 0 fully saturated rings. The Kier molecular flexibility index (Phi) is 7.57. The molecule has 2 aliphatic heterocycles. The number of benzene rings is 8. The highest BCUT2D eigenvalue weighted by Crippen LogP contribution is 2.49. The number of hydrogen-bond acceptors (Lipinski definition) is 0. The van der Waals surface area contributed by atoms with Crippen LogP contribution in [0, 0.1) is 0 Å². The molecule has 2 nitrogen and oxygen atoms in total. The molecular weight excluding hydrogens is 759 g/mol. The summed E-state index contributed by atoms with van der Waals surface area (Å²) in [6.45, 7) is 28.7. The Bertz CT molecular complexity index is 3420. The van der Waals surface area contributed by atoms with E-state index in [0.717, 1.165) is 0 Å². The van der Waals surface area contributed by atoms with Crippen molar-refractivity contribution < 1.29 is 0 Å². The van der Waals surface area contributed by atoms with Crippen molar-refractivity contribution in [1.82, 2.24) is 9.13 Å². The Labute approximate surface area is 372 Å². The predicted molar refractivity (Wildman–Crippen MR) is 275 cm³/mol. The summed E-state index contributed by atoms with van der Waals surface area (Å²) < 4.78 is 5.43. The standard InChI is InChI=1S/C60H57BN2/c1-57(2,3)38-30-42(59(7,8)9)52-46(32-38)62-48-28-37(34-20-14-13-15-21-34)29-49-54(48)61(44-26-35-22-16-18-24-40(35)50(52)55(44)62)45-27-36-23-17-19-25-41(36)51-53-43(60(10,11)12)31-39(58(4,5)6)33-47(53)63(49)56(45)51/h13-33H,1-12H3. The summed E-state index contributed by atoms with van der Waals surface area (Å²) in [5.41, 5.74) is 19.9. The number of nitrogens with zero attached hydrogens (tertiary/aromatic N) is 2. The third-order valence-corrected chi connectivity index (χ3v) is 14.8. The van der Waals surface area contributed by atoms with Gasteiger partial charge in [-0.05, 0) is 117 Å². The summed E-state index contributed by atoms with van der Waals surface area (Å²) >= 11 is 0. The smallest absolute Gasteiger partial charge is 0.252 e. The largest absolute Gasteiger partial charge is 0.310 e. The van der Waals surface area contributed by atoms with Crippen LogP contribution in [0.15, 0.2) is 127 Å². The van der Waals surface area contributed by atoms with Gasteiger partial charge in [-0.25, -0.2) is 0 Å². The maximum absolute atomic E-state index is 2.72. The fourth-order valence-corrected chi connectivity index (χ4v) is 11.6. The van der Waals surface area contributed by atoms with Gasteiger partial charge in [0.2, 0.25) is 0 Å². The van der Waals surface area contributed by atoms with Crippen LogP contribution in [0.2, 0.25) is 0 Å². The molecule has 0 radical (unpaired) electrons. The SMILES string of the molecule is CC(C)(C)c1cc(C(C)(C)C)c2c3c4ccccc4cc4c3n(c2c1)-c1cc(-c2ccccc2)cc2c1B4c1cc3ccccc3c3c4c(C(C)(C)C)cc(C(C)(C)C)cc4n-2c13. The van der Waals surface area contributed by atoms with E-state index >= 15 is 0 Å². The lowest BCUT2D eigenvalue weighted by Gasteiger charge is -2.35. The highest BCUT2D eigenvalue weighted by molar-refractivity contribution is 7.00. The van der Waals surface area contributed by atoms with E-state index in [2.05, 4.69) is 220 Å². The molecule has 2 aliphatic rings. The van der Waals surface area contributed by atoms with Crippen molar-refractivity contribution in [3.05, 3.63) is 150 Å². The van der Waals surface area contributed by atoms with Crippen LogP contribution >= 0.6 is 0 Å². The summed E-state index contributed by atoms with van der Waals surface area (Å²) in [6.07, 6.45) is 0. The summed E-state index contributed by atoms with van der Waals surface area (Å²) in [7, 11) is 0. The van der Waals surface area contributed by atoms with Crippen LogP contribution in [0.1, 0.15) is 105 Å². The van der Waals surface area contributed by atoms with Gasteiger partial charge < -0.3 is 9.13 Å². The molecule has 0 N–H and O–H groups in total. The lowest BCUT2D eigenvalue weighted by atomic mass is 9.34. The summed E-state index contributed by atoms with van der Waals surface area (Å²) in [6, 6.07) is 49.8. The third kappa shape index (κ3) is 5.26. The molecule has 310 valence electrons. The van der Waals surface area contributed by atoms with Gasteiger partial charge in [-0.15, -0.1) is 0 Å². The molecular formula is C60H57BN2. The molecule has 0 aliphatic carbocycles. The molecule has 0 spiro atoms. The number of fused-ring (bicyclic) bond motifs is 14. The number of aromatic nitrogens is 2. The van der Waals surface area contributed by atoms with E-state index in [1.165, 1.54) is 126 Å². The van der Waals surface area contributed by atoms with Crippen LogP contribution < -0.4 is 16.4 Å². The molecule has 0 atom stereocenters. The Hall–Kier alpha value is -6.06. The zero-order chi connectivity index (χ0) is 43.9. The van der Waals surface area contributed by atoms with Gasteiger partial charge in [-0.1, -0.05) is 186 Å². The van der Waals surface area contributed by atoms with Crippen molar-refractivity contribution >= 4 is 88.3 Å². The molecule has 3 heteroatoms. The molecule has 0 unspecified atom stereocenters. The Morgan fingerprint density at radius 1 is 0.381 bits per heavy atom. The molecule has 8 aromatic carbocycles. The van der Waals surface area contributed by atoms with Crippen LogP contribution in [-0.4, -0.2) is 15.8 Å². The zero-order valence-corrected chi connectivity index (χ0v) is 39.1. The minimum atomic E-state index is -0.0890. The summed E-state index contributed by atoms with van der Waals surface area (Å²) in [5, 5.41) is 10.8. The zero-order valence-electron chi connectivity index (χ0n) is 39.1. The molecule has 4 heterocycles. The molecule has 12 rings (SSSR count). The molecule has 0 saturated heterocycles. The van der Waals surface area contributed by atoms with Crippen LogP contribution in [0.4, 0.5) is 0 Å². The van der Waals surface area contributed by atoms with Crippen LogP contribution in [-0.2, 0) is 21.7 Å². The minimum absolute atomic E-state index is 0.0213. The lowest BCUT2D eigenvalue weighted by Crippen LogP contribution is -2.59. The van der Waals surface area contributed by atoms with Gasteiger partial charge in [0.05, 0.1) is 22.1 Å². The molecule has 0 saturated carbocycles. The first kappa shape index (κ1) is 38.6. The van der Waals surface area contributed by atoms with Crippen molar-refractivity contribution in [3.8, 4) is 22.5 Å². The van der Waals surface area contributed by atoms with Gasteiger partial charge in [-0.3, -0.25) is 0 Å². The average molecular weight is 817 g/mol. The second-order valence-electron chi connectivity index (χ2n) is 23.1. The Morgan fingerprint density at radius 3 is 1.21 bits per heavy atom. The number of hydrogen-bond donors (Lipinski definition) is 0. The molecule has 0 bridgehead atoms. The predicted octanol–water partition coefficient (Wildman–Crippen LogP) is 14.2. The topological polar surface area (TPSA) is 9.86 Å². The molecule has 0 amide bonds. The molecule has 63 heavy (non-hydrogen) atoms. The van der Waals surface area contributed by atoms with Gasteiger partial charge in [0.15, 0.2) is 0 Å². The van der Waals surface area contributed by atoms with Crippen LogP contribution in [0.5, 0.6) is 0 Å². The minimum Gasteiger partial charge on any atom is -0.310 e. The maximum Gasteiger partial charge on any atom is 0.252 e. The quantitative estimate of drug-likeness (QED) is 0.146. The van der Waals surface area contributed by atoms with E-state index in [1.807, 2.05) is 0 Å². The normalized spacial score (nSPS) is 14.0. The van der Waals surface area contributed by atoms with Crippen molar-refractivity contribution in [2.45, 2.75) is 105 Å². The van der Waals surface area contributed by atoms with E-state index in [9.17, 15) is 0 Å². The first-order chi connectivity index (χ1) is 29.8. The lowest BCUT2D eigenvalue weighted by molar-refractivity contribution is 0.572. The van der Waals surface area contributed by atoms with Crippen LogP contribution in [0.3, 0.4) is 0 Å². The number of rotatable bonds is 1. The highest BCUT2D eigenvalue weighted by Gasteiger charge is 2.43. The van der Waals surface area contributed by atoms with E-state index in [0.29, 0.717) is 0 Å². The van der Waals surface area contributed by atoms with E-state index in [4.69, 9.17) is 0 Å². The fraction of sp³-hybridized carbons (Fsp3) is 0.267. The summed E-state index contributed by atoms with van der Waals surface area (Å²) in [4.78, 5) is 0. The van der Waals surface area contributed by atoms with Crippen molar-refractivity contribution in [2.75, 3.05) is 0 Å². The van der Waals surface area contributed by atoms with Gasteiger partial charge >= 0.3 is 0 Å². The van der Waals surface area contributed by atoms with Gasteiger partial charge in [-0.2, -0.15) is 0 Å². The fourth-order valence-electron chi connectivity index (χ4n) is 11.6.